The van der Waals surface area contributed by atoms with Crippen LogP contribution < -0.4 is 10.2 Å². The fraction of sp³-hybridized carbons (Fsp3) is 0.0800. The first-order chi connectivity index (χ1) is 14.7. The lowest BCUT2D eigenvalue weighted by molar-refractivity contribution is 0.0955. The highest BCUT2D eigenvalue weighted by atomic mass is 16.5. The van der Waals surface area contributed by atoms with Gasteiger partial charge in [-0.15, -0.1) is 0 Å². The highest BCUT2D eigenvalue weighted by Crippen LogP contribution is 2.21. The number of hydrogen-bond acceptors (Lipinski definition) is 4. The number of rotatable bonds is 6. The number of pyridine rings is 1. The van der Waals surface area contributed by atoms with Gasteiger partial charge in [0.15, 0.2) is 0 Å². The van der Waals surface area contributed by atoms with Gasteiger partial charge >= 0.3 is 0 Å². The van der Waals surface area contributed by atoms with E-state index < -0.39 is 0 Å². The molecule has 1 heterocycles. The van der Waals surface area contributed by atoms with Crippen LogP contribution in [0.4, 0.5) is 0 Å². The van der Waals surface area contributed by atoms with Crippen molar-refractivity contribution >= 4 is 22.4 Å². The van der Waals surface area contributed by atoms with Crippen LogP contribution in [0.3, 0.4) is 0 Å². The zero-order valence-electron chi connectivity index (χ0n) is 16.6. The van der Waals surface area contributed by atoms with Crippen molar-refractivity contribution in [3.8, 4) is 5.75 Å². The topological polar surface area (TPSA) is 63.6 Å². The predicted molar refractivity (Wildman–Crippen MR) is 119 cm³/mol. The largest absolute Gasteiger partial charge is 0.489 e. The van der Waals surface area contributed by atoms with E-state index in [2.05, 4.69) is 27.6 Å². The average molecular weight is 395 g/mol. The van der Waals surface area contributed by atoms with Gasteiger partial charge in [0.2, 0.25) is 0 Å². The van der Waals surface area contributed by atoms with Crippen molar-refractivity contribution in [2.24, 2.45) is 5.10 Å². The third kappa shape index (κ3) is 4.70. The number of hydrazone groups is 1. The lowest BCUT2D eigenvalue weighted by Gasteiger charge is -2.08. The number of aromatic nitrogens is 1. The van der Waals surface area contributed by atoms with Crippen molar-refractivity contribution in [1.29, 1.82) is 0 Å². The van der Waals surface area contributed by atoms with E-state index in [0.717, 1.165) is 22.4 Å². The average Bonchev–Trinajstić information content (AvgIpc) is 2.81. The molecule has 0 saturated carbocycles. The number of ether oxygens (including phenoxy) is 1. The first-order valence-corrected chi connectivity index (χ1v) is 9.65. The minimum Gasteiger partial charge on any atom is -0.489 e. The second-order valence-electron chi connectivity index (χ2n) is 6.85. The maximum Gasteiger partial charge on any atom is 0.271 e. The van der Waals surface area contributed by atoms with Crippen LogP contribution in [0.1, 0.15) is 28.5 Å². The Morgan fingerprint density at radius 3 is 2.47 bits per heavy atom. The summed E-state index contributed by atoms with van der Waals surface area (Å²) in [6, 6.07) is 27.0. The summed E-state index contributed by atoms with van der Waals surface area (Å²) < 4.78 is 5.90. The molecule has 1 amide bonds. The first-order valence-electron chi connectivity index (χ1n) is 9.65. The van der Waals surface area contributed by atoms with Gasteiger partial charge in [-0.05, 0) is 59.7 Å². The molecule has 0 aliphatic rings. The molecule has 4 aromatic rings. The zero-order chi connectivity index (χ0) is 20.8. The SMILES string of the molecule is CC(=NNC(=O)c1ccc(COc2ccc3ccccc3c2)cc1)c1ccccn1. The number of amides is 1. The van der Waals surface area contributed by atoms with Crippen molar-refractivity contribution in [2.45, 2.75) is 13.5 Å². The molecule has 1 aromatic heterocycles. The molecule has 4 rings (SSSR count). The molecule has 0 saturated heterocycles. The predicted octanol–water partition coefficient (Wildman–Crippen LogP) is 4.97. The lowest BCUT2D eigenvalue weighted by atomic mass is 10.1. The number of carbonyl (C=O) groups excluding carboxylic acids is 1. The molecule has 0 radical (unpaired) electrons. The molecular weight excluding hydrogens is 374 g/mol. The summed E-state index contributed by atoms with van der Waals surface area (Å²) in [5.41, 5.74) is 5.44. The Labute approximate surface area is 175 Å². The van der Waals surface area contributed by atoms with Crippen molar-refractivity contribution in [2.75, 3.05) is 0 Å². The van der Waals surface area contributed by atoms with E-state index in [1.807, 2.05) is 60.7 Å². The van der Waals surface area contributed by atoms with Crippen LogP contribution in [0.2, 0.25) is 0 Å². The molecule has 1 N–H and O–H groups in total. The molecule has 0 aliphatic carbocycles. The normalized spacial score (nSPS) is 11.3. The van der Waals surface area contributed by atoms with Gasteiger partial charge in [0.25, 0.3) is 5.91 Å². The smallest absolute Gasteiger partial charge is 0.271 e. The fourth-order valence-electron chi connectivity index (χ4n) is 3.01. The molecule has 0 aliphatic heterocycles. The molecule has 30 heavy (non-hydrogen) atoms. The third-order valence-electron chi connectivity index (χ3n) is 4.70. The van der Waals surface area contributed by atoms with E-state index in [9.17, 15) is 4.79 Å². The molecule has 5 heteroatoms. The second kappa shape index (κ2) is 9.01. The van der Waals surface area contributed by atoms with E-state index in [0.29, 0.717) is 17.9 Å². The minimum atomic E-state index is -0.271. The summed E-state index contributed by atoms with van der Waals surface area (Å²) in [5, 5.41) is 6.45. The van der Waals surface area contributed by atoms with Crippen molar-refractivity contribution < 1.29 is 9.53 Å². The second-order valence-corrected chi connectivity index (χ2v) is 6.85. The molecule has 0 unspecified atom stereocenters. The molecule has 3 aromatic carbocycles. The van der Waals surface area contributed by atoms with Gasteiger partial charge in [-0.1, -0.05) is 48.5 Å². The zero-order valence-corrected chi connectivity index (χ0v) is 16.6. The van der Waals surface area contributed by atoms with Crippen LogP contribution in [0.25, 0.3) is 10.8 Å². The van der Waals surface area contributed by atoms with Crippen LogP contribution >= 0.6 is 0 Å². The number of carbonyl (C=O) groups is 1. The number of nitrogens with zero attached hydrogens (tertiary/aromatic N) is 2. The summed E-state index contributed by atoms with van der Waals surface area (Å²) in [4.78, 5) is 16.5. The summed E-state index contributed by atoms with van der Waals surface area (Å²) in [7, 11) is 0. The number of hydrogen-bond donors (Lipinski definition) is 1. The van der Waals surface area contributed by atoms with Crippen molar-refractivity contribution in [3.63, 3.8) is 0 Å². The van der Waals surface area contributed by atoms with E-state index in [-0.39, 0.29) is 5.91 Å². The lowest BCUT2D eigenvalue weighted by Crippen LogP contribution is -2.19. The quantitative estimate of drug-likeness (QED) is 0.370. The Bertz CT molecular complexity index is 1190. The fourth-order valence-corrected chi connectivity index (χ4v) is 3.01. The molecular formula is C25H21N3O2. The summed E-state index contributed by atoms with van der Waals surface area (Å²) in [6.07, 6.45) is 1.69. The third-order valence-corrected chi connectivity index (χ3v) is 4.70. The maximum atomic E-state index is 12.3. The minimum absolute atomic E-state index is 0.271. The molecule has 0 atom stereocenters. The van der Waals surface area contributed by atoms with Crippen LogP contribution in [0.5, 0.6) is 5.75 Å². The molecule has 5 nitrogen and oxygen atoms in total. The number of benzene rings is 3. The van der Waals surface area contributed by atoms with Crippen LogP contribution in [0.15, 0.2) is 96.2 Å². The summed E-state index contributed by atoms with van der Waals surface area (Å²) in [6.45, 7) is 2.23. The van der Waals surface area contributed by atoms with Gasteiger partial charge in [-0.3, -0.25) is 9.78 Å². The summed E-state index contributed by atoms with van der Waals surface area (Å²) >= 11 is 0. The highest BCUT2D eigenvalue weighted by Gasteiger charge is 2.06. The Hall–Kier alpha value is -3.99. The van der Waals surface area contributed by atoms with E-state index in [1.54, 1.807) is 25.3 Å². The molecule has 148 valence electrons. The van der Waals surface area contributed by atoms with Gasteiger partial charge in [-0.25, -0.2) is 5.43 Å². The Kier molecular flexibility index (Phi) is 5.80. The number of nitrogens with one attached hydrogen (secondary N) is 1. The van der Waals surface area contributed by atoms with Gasteiger partial charge in [0.05, 0.1) is 11.4 Å². The molecule has 0 spiro atoms. The molecule has 0 fully saturated rings. The first kappa shape index (κ1) is 19.3. The van der Waals surface area contributed by atoms with E-state index in [1.165, 1.54) is 5.39 Å². The summed E-state index contributed by atoms with van der Waals surface area (Å²) in [5.74, 6) is 0.544. The Morgan fingerprint density at radius 1 is 0.933 bits per heavy atom. The van der Waals surface area contributed by atoms with Crippen LogP contribution in [0, 0.1) is 0 Å². The van der Waals surface area contributed by atoms with Gasteiger partial charge in [-0.2, -0.15) is 5.10 Å². The van der Waals surface area contributed by atoms with Gasteiger partial charge in [0.1, 0.15) is 12.4 Å². The van der Waals surface area contributed by atoms with Crippen LogP contribution in [-0.2, 0) is 6.61 Å². The monoisotopic (exact) mass is 395 g/mol. The van der Waals surface area contributed by atoms with Crippen LogP contribution in [-0.4, -0.2) is 16.6 Å². The van der Waals surface area contributed by atoms with Crippen molar-refractivity contribution in [3.05, 3.63) is 108 Å². The Balaban J connectivity index is 1.35. The number of fused-ring (bicyclic) bond motifs is 1. The standard InChI is InChI=1S/C25H21N3O2/c1-18(24-8-4-5-15-26-24)27-28-25(29)21-11-9-19(10-12-21)17-30-23-14-13-20-6-2-3-7-22(20)16-23/h2-16H,17H2,1H3,(H,28,29). The van der Waals surface area contributed by atoms with Crippen molar-refractivity contribution in [1.82, 2.24) is 10.4 Å². The van der Waals surface area contributed by atoms with Gasteiger partial charge in [0, 0.05) is 11.8 Å². The van der Waals surface area contributed by atoms with E-state index >= 15 is 0 Å². The maximum absolute atomic E-state index is 12.3. The van der Waals surface area contributed by atoms with E-state index in [4.69, 9.17) is 4.74 Å². The highest BCUT2D eigenvalue weighted by molar-refractivity contribution is 5.99. The van der Waals surface area contributed by atoms with Gasteiger partial charge < -0.3 is 4.74 Å². The Morgan fingerprint density at radius 2 is 1.70 bits per heavy atom. The molecule has 0 bridgehead atoms.